The number of aromatic nitrogens is 2. The van der Waals surface area contributed by atoms with Crippen molar-refractivity contribution in [3.05, 3.63) is 53.5 Å². The molecular formula is C16H14FN3O. The molecule has 0 spiro atoms. The Morgan fingerprint density at radius 1 is 1.24 bits per heavy atom. The molecule has 0 bridgehead atoms. The normalized spacial score (nSPS) is 11.3. The van der Waals surface area contributed by atoms with Gasteiger partial charge in [0.2, 0.25) is 0 Å². The minimum atomic E-state index is -0.272. The second kappa shape index (κ2) is 5.28. The number of hydrogen-bond donors (Lipinski definition) is 2. The molecule has 0 fully saturated rings. The third-order valence-electron chi connectivity index (χ3n) is 3.23. The van der Waals surface area contributed by atoms with Gasteiger partial charge in [0.25, 0.3) is 0 Å². The average Bonchev–Trinajstić information content (AvgIpc) is 2.88. The molecule has 0 saturated carbocycles. The highest BCUT2D eigenvalue weighted by Crippen LogP contribution is 2.33. The third kappa shape index (κ3) is 2.45. The molecule has 0 aliphatic heterocycles. The maximum atomic E-state index is 13.2. The van der Waals surface area contributed by atoms with Gasteiger partial charge in [-0.05, 0) is 35.9 Å². The Morgan fingerprint density at radius 3 is 2.86 bits per heavy atom. The van der Waals surface area contributed by atoms with E-state index in [0.29, 0.717) is 17.1 Å². The van der Waals surface area contributed by atoms with E-state index in [1.807, 2.05) is 12.1 Å². The number of anilines is 1. The molecule has 2 aromatic carbocycles. The molecule has 3 rings (SSSR count). The number of hydrogen-bond acceptors (Lipinski definition) is 3. The number of H-pyrrole nitrogens is 1. The number of nitrogen functional groups attached to an aromatic ring is 1. The molecular weight excluding hydrogens is 269 g/mol. The van der Waals surface area contributed by atoms with Crippen molar-refractivity contribution in [2.24, 2.45) is 0 Å². The zero-order valence-electron chi connectivity index (χ0n) is 11.4. The molecule has 1 aromatic heterocycles. The van der Waals surface area contributed by atoms with Crippen molar-refractivity contribution in [2.45, 2.75) is 0 Å². The van der Waals surface area contributed by atoms with Crippen molar-refractivity contribution >= 4 is 28.7 Å². The Balaban J connectivity index is 2.07. The van der Waals surface area contributed by atoms with Crippen molar-refractivity contribution in [1.29, 1.82) is 0 Å². The summed E-state index contributed by atoms with van der Waals surface area (Å²) in [6.07, 6.45) is 3.59. The fourth-order valence-corrected chi connectivity index (χ4v) is 2.25. The molecule has 1 heterocycles. The van der Waals surface area contributed by atoms with Gasteiger partial charge in [-0.3, -0.25) is 5.10 Å². The van der Waals surface area contributed by atoms with Gasteiger partial charge in [-0.2, -0.15) is 5.10 Å². The van der Waals surface area contributed by atoms with E-state index in [4.69, 9.17) is 10.5 Å². The number of nitrogens with zero attached hydrogens (tertiary/aromatic N) is 1. The van der Waals surface area contributed by atoms with Crippen LogP contribution in [0.1, 0.15) is 11.3 Å². The predicted octanol–water partition coefficient (Wildman–Crippen LogP) is 3.46. The number of fused-ring (bicyclic) bond motifs is 1. The first-order valence-electron chi connectivity index (χ1n) is 6.43. The summed E-state index contributed by atoms with van der Waals surface area (Å²) < 4.78 is 18.5. The number of rotatable bonds is 3. The molecule has 0 unspecified atom stereocenters. The van der Waals surface area contributed by atoms with Crippen LogP contribution in [-0.2, 0) is 0 Å². The van der Waals surface area contributed by atoms with Crippen molar-refractivity contribution < 1.29 is 9.13 Å². The van der Waals surface area contributed by atoms with Crippen molar-refractivity contribution in [2.75, 3.05) is 12.8 Å². The molecule has 21 heavy (non-hydrogen) atoms. The van der Waals surface area contributed by atoms with E-state index in [0.717, 1.165) is 16.5 Å². The molecule has 0 atom stereocenters. The van der Waals surface area contributed by atoms with Crippen LogP contribution in [0.3, 0.4) is 0 Å². The van der Waals surface area contributed by atoms with E-state index in [1.54, 1.807) is 31.4 Å². The highest BCUT2D eigenvalue weighted by Gasteiger charge is 2.11. The Hall–Kier alpha value is -2.82. The lowest BCUT2D eigenvalue weighted by Crippen LogP contribution is -1.92. The van der Waals surface area contributed by atoms with Gasteiger partial charge in [0.1, 0.15) is 5.82 Å². The van der Waals surface area contributed by atoms with Crippen LogP contribution >= 0.6 is 0 Å². The van der Waals surface area contributed by atoms with Crippen LogP contribution in [0.5, 0.6) is 5.75 Å². The average molecular weight is 283 g/mol. The second-order valence-electron chi connectivity index (χ2n) is 4.61. The van der Waals surface area contributed by atoms with Crippen LogP contribution in [0, 0.1) is 5.82 Å². The number of halogens is 1. The summed E-state index contributed by atoms with van der Waals surface area (Å²) >= 11 is 0. The summed E-state index contributed by atoms with van der Waals surface area (Å²) in [5.41, 5.74) is 8.74. The molecule has 0 aliphatic rings. The summed E-state index contributed by atoms with van der Waals surface area (Å²) in [5, 5.41) is 7.98. The Kier molecular flexibility index (Phi) is 3.31. The lowest BCUT2D eigenvalue weighted by molar-refractivity contribution is 0.422. The van der Waals surface area contributed by atoms with E-state index < -0.39 is 0 Å². The number of methoxy groups -OCH3 is 1. The number of nitrogens with two attached hydrogens (primary N) is 1. The molecule has 4 nitrogen and oxygen atoms in total. The highest BCUT2D eigenvalue weighted by molar-refractivity contribution is 5.97. The summed E-state index contributed by atoms with van der Waals surface area (Å²) in [7, 11) is 1.57. The van der Waals surface area contributed by atoms with Crippen LogP contribution in [-0.4, -0.2) is 17.3 Å². The van der Waals surface area contributed by atoms with Gasteiger partial charge in [-0.1, -0.05) is 18.2 Å². The standard InChI is InChI=1S/C16H14FN3O/c1-21-16-12(18)6-8-14-15(16)13(19-20-14)7-5-10-3-2-4-11(17)9-10/h2-9H,18H2,1H3,(H,19,20)/b7-5+. The van der Waals surface area contributed by atoms with Crippen molar-refractivity contribution in [1.82, 2.24) is 10.2 Å². The summed E-state index contributed by atoms with van der Waals surface area (Å²) in [4.78, 5) is 0. The number of benzene rings is 2. The van der Waals surface area contributed by atoms with E-state index in [-0.39, 0.29) is 5.82 Å². The van der Waals surface area contributed by atoms with Gasteiger partial charge >= 0.3 is 0 Å². The monoisotopic (exact) mass is 283 g/mol. The largest absolute Gasteiger partial charge is 0.494 e. The fourth-order valence-electron chi connectivity index (χ4n) is 2.25. The van der Waals surface area contributed by atoms with Gasteiger partial charge in [-0.15, -0.1) is 0 Å². The highest BCUT2D eigenvalue weighted by atomic mass is 19.1. The van der Waals surface area contributed by atoms with Crippen LogP contribution in [0.15, 0.2) is 36.4 Å². The smallest absolute Gasteiger partial charge is 0.153 e. The Labute approximate surface area is 121 Å². The summed E-state index contributed by atoms with van der Waals surface area (Å²) in [6.45, 7) is 0. The maximum Gasteiger partial charge on any atom is 0.153 e. The maximum absolute atomic E-state index is 13.2. The molecule has 0 amide bonds. The van der Waals surface area contributed by atoms with E-state index in [1.165, 1.54) is 12.1 Å². The van der Waals surface area contributed by atoms with Gasteiger partial charge in [0, 0.05) is 0 Å². The topological polar surface area (TPSA) is 63.9 Å². The zero-order chi connectivity index (χ0) is 14.8. The lowest BCUT2D eigenvalue weighted by Gasteiger charge is -2.05. The zero-order valence-corrected chi connectivity index (χ0v) is 11.4. The fraction of sp³-hybridized carbons (Fsp3) is 0.0625. The Morgan fingerprint density at radius 2 is 2.10 bits per heavy atom. The molecule has 0 saturated heterocycles. The number of aromatic amines is 1. The first-order valence-corrected chi connectivity index (χ1v) is 6.43. The molecule has 106 valence electrons. The van der Waals surface area contributed by atoms with Gasteiger partial charge in [0.15, 0.2) is 5.75 Å². The first-order chi connectivity index (χ1) is 10.2. The molecule has 0 aliphatic carbocycles. The second-order valence-corrected chi connectivity index (χ2v) is 4.61. The van der Waals surface area contributed by atoms with E-state index in [9.17, 15) is 4.39 Å². The van der Waals surface area contributed by atoms with Crippen LogP contribution in [0.4, 0.5) is 10.1 Å². The minimum absolute atomic E-state index is 0.272. The van der Waals surface area contributed by atoms with E-state index >= 15 is 0 Å². The SMILES string of the molecule is COc1c(N)ccc2[nH]nc(/C=C/c3cccc(F)c3)c12. The van der Waals surface area contributed by atoms with Crippen LogP contribution in [0.25, 0.3) is 23.1 Å². The predicted molar refractivity (Wildman–Crippen MR) is 82.4 cm³/mol. The quantitative estimate of drug-likeness (QED) is 0.723. The number of nitrogens with one attached hydrogen (secondary N) is 1. The molecule has 5 heteroatoms. The van der Waals surface area contributed by atoms with Crippen molar-refractivity contribution in [3.8, 4) is 5.75 Å². The van der Waals surface area contributed by atoms with Crippen LogP contribution in [0.2, 0.25) is 0 Å². The summed E-state index contributed by atoms with van der Waals surface area (Å²) in [5.74, 6) is 0.311. The molecule has 0 radical (unpaired) electrons. The van der Waals surface area contributed by atoms with Crippen LogP contribution < -0.4 is 10.5 Å². The van der Waals surface area contributed by atoms with Gasteiger partial charge in [-0.25, -0.2) is 4.39 Å². The molecule has 3 N–H and O–H groups in total. The molecule has 3 aromatic rings. The lowest BCUT2D eigenvalue weighted by atomic mass is 10.1. The number of ether oxygens (including phenoxy) is 1. The minimum Gasteiger partial charge on any atom is -0.494 e. The first kappa shape index (κ1) is 13.2. The van der Waals surface area contributed by atoms with Crippen molar-refractivity contribution in [3.63, 3.8) is 0 Å². The Bertz CT molecular complexity index is 824. The van der Waals surface area contributed by atoms with Gasteiger partial charge < -0.3 is 10.5 Å². The van der Waals surface area contributed by atoms with Gasteiger partial charge in [0.05, 0.1) is 29.4 Å². The van der Waals surface area contributed by atoms with E-state index in [2.05, 4.69) is 10.2 Å². The summed E-state index contributed by atoms with van der Waals surface area (Å²) in [6, 6.07) is 9.96. The third-order valence-corrected chi connectivity index (χ3v) is 3.23.